The third-order valence-corrected chi connectivity index (χ3v) is 19.0. The van der Waals surface area contributed by atoms with Crippen molar-refractivity contribution < 1.29 is 0 Å². The molecule has 0 rings (SSSR count). The molecule has 0 N–H and O–H groups in total. The Morgan fingerprint density at radius 3 is 0.368 bits per heavy atom. The SMILES string of the molecule is CCCCCCCCCCCCCC[P+](CCCCCCCCCCCCCC)(CCCCCCCCCCCCCC)CCCCCCCCCCCCCC. The van der Waals surface area contributed by atoms with Gasteiger partial charge >= 0.3 is 0 Å². The Morgan fingerprint density at radius 2 is 0.246 bits per heavy atom. The van der Waals surface area contributed by atoms with Crippen LogP contribution in [0.2, 0.25) is 0 Å². The normalized spacial score (nSPS) is 12.0. The van der Waals surface area contributed by atoms with E-state index in [9.17, 15) is 0 Å². The maximum atomic E-state index is 2.34. The predicted octanol–water partition coefficient (Wildman–Crippen LogP) is 21.8. The van der Waals surface area contributed by atoms with Gasteiger partial charge in [-0.15, -0.1) is 0 Å². The fourth-order valence-corrected chi connectivity index (χ4v) is 14.7. The van der Waals surface area contributed by atoms with Gasteiger partial charge in [0, 0.05) is 7.26 Å². The van der Waals surface area contributed by atoms with Gasteiger partial charge in [-0.05, 0) is 51.4 Å². The molecule has 0 spiro atoms. The van der Waals surface area contributed by atoms with E-state index in [-0.39, 0.29) is 0 Å². The third kappa shape index (κ3) is 45.8. The molecule has 0 aliphatic heterocycles. The first-order valence-electron chi connectivity index (χ1n) is 28.1. The molecule has 0 aliphatic carbocycles. The van der Waals surface area contributed by atoms with Gasteiger partial charge in [-0.3, -0.25) is 0 Å². The van der Waals surface area contributed by atoms with E-state index >= 15 is 0 Å². The van der Waals surface area contributed by atoms with Crippen molar-refractivity contribution in [2.45, 2.75) is 336 Å². The van der Waals surface area contributed by atoms with Crippen molar-refractivity contribution in [3.63, 3.8) is 0 Å². The molecule has 0 fully saturated rings. The fourth-order valence-electron chi connectivity index (χ4n) is 9.82. The second-order valence-corrected chi connectivity index (χ2v) is 24.3. The molecule has 0 saturated heterocycles. The highest BCUT2D eigenvalue weighted by Gasteiger charge is 2.35. The van der Waals surface area contributed by atoms with Crippen LogP contribution in [0.3, 0.4) is 0 Å². The van der Waals surface area contributed by atoms with Crippen molar-refractivity contribution in [3.05, 3.63) is 0 Å². The summed E-state index contributed by atoms with van der Waals surface area (Å²) in [5.74, 6) is 0. The first-order chi connectivity index (χ1) is 28.2. The summed E-state index contributed by atoms with van der Waals surface area (Å²) in [6.07, 6.45) is 78.3. The second kappa shape index (κ2) is 50.8. The van der Waals surface area contributed by atoms with E-state index in [1.165, 1.54) is 283 Å². The molecule has 0 aromatic rings. The molecule has 1 heteroatoms. The van der Waals surface area contributed by atoms with Gasteiger partial charge in [-0.2, -0.15) is 0 Å². The molecule has 344 valence electrons. The first kappa shape index (κ1) is 57.4. The second-order valence-electron chi connectivity index (χ2n) is 19.8. The van der Waals surface area contributed by atoms with Gasteiger partial charge in [0.25, 0.3) is 0 Å². The zero-order valence-corrected chi connectivity index (χ0v) is 42.1. The molecule has 0 nitrogen and oxygen atoms in total. The summed E-state index contributed by atoms with van der Waals surface area (Å²) in [5.41, 5.74) is 0. The van der Waals surface area contributed by atoms with E-state index in [4.69, 9.17) is 0 Å². The summed E-state index contributed by atoms with van der Waals surface area (Å²) in [7, 11) is -0.816. The van der Waals surface area contributed by atoms with Gasteiger partial charge in [-0.1, -0.05) is 285 Å². The highest BCUT2D eigenvalue weighted by molar-refractivity contribution is 7.75. The van der Waals surface area contributed by atoms with Crippen LogP contribution in [-0.2, 0) is 0 Å². The lowest BCUT2D eigenvalue weighted by Crippen LogP contribution is -2.13. The molecular formula is C56H116P+. The van der Waals surface area contributed by atoms with Gasteiger partial charge in [0.15, 0.2) is 0 Å². The Hall–Kier alpha value is 0.430. The average Bonchev–Trinajstić information content (AvgIpc) is 3.22. The zero-order valence-electron chi connectivity index (χ0n) is 41.2. The minimum absolute atomic E-state index is 0.816. The molecule has 0 radical (unpaired) electrons. The van der Waals surface area contributed by atoms with Gasteiger partial charge < -0.3 is 0 Å². The summed E-state index contributed by atoms with van der Waals surface area (Å²) >= 11 is 0. The van der Waals surface area contributed by atoms with Crippen LogP contribution in [0.15, 0.2) is 0 Å². The minimum atomic E-state index is -0.816. The minimum Gasteiger partial charge on any atom is -0.0654 e. The molecule has 0 bridgehead atoms. The summed E-state index contributed by atoms with van der Waals surface area (Å²) in [4.78, 5) is 0. The summed E-state index contributed by atoms with van der Waals surface area (Å²) in [6, 6.07) is 0. The quantitative estimate of drug-likeness (QED) is 0.0424. The van der Waals surface area contributed by atoms with Gasteiger partial charge in [0.2, 0.25) is 0 Å². The average molecular weight is 821 g/mol. The van der Waals surface area contributed by atoms with E-state index in [1.54, 1.807) is 50.3 Å². The van der Waals surface area contributed by atoms with Crippen LogP contribution < -0.4 is 0 Å². The molecule has 0 aromatic heterocycles. The molecule has 0 atom stereocenters. The Labute approximate surface area is 366 Å². The standard InChI is InChI=1S/C56H116P/c1-5-9-13-17-21-25-29-33-37-41-45-49-53-57(54-50-46-42-38-34-30-26-22-18-14-10-6-2,55-51-47-43-39-35-31-27-23-19-15-11-7-3)56-52-48-44-40-36-32-28-24-20-16-12-8-4/h5-56H2,1-4H3/q+1. The van der Waals surface area contributed by atoms with Crippen LogP contribution in [-0.4, -0.2) is 24.6 Å². The Kier molecular flexibility index (Phi) is 51.2. The zero-order chi connectivity index (χ0) is 41.3. The lowest BCUT2D eigenvalue weighted by Gasteiger charge is -2.28. The molecule has 0 aliphatic rings. The number of hydrogen-bond acceptors (Lipinski definition) is 0. The Bertz CT molecular complexity index is 567. The number of rotatable bonds is 52. The fraction of sp³-hybridized carbons (Fsp3) is 1.00. The van der Waals surface area contributed by atoms with Crippen molar-refractivity contribution in [2.24, 2.45) is 0 Å². The monoisotopic (exact) mass is 820 g/mol. The van der Waals surface area contributed by atoms with E-state index in [0.29, 0.717) is 0 Å². The number of hydrogen-bond donors (Lipinski definition) is 0. The van der Waals surface area contributed by atoms with E-state index < -0.39 is 7.26 Å². The summed E-state index contributed by atoms with van der Waals surface area (Å²) < 4.78 is 0. The van der Waals surface area contributed by atoms with Crippen LogP contribution in [0.5, 0.6) is 0 Å². The molecular weight excluding hydrogens is 704 g/mol. The van der Waals surface area contributed by atoms with E-state index in [2.05, 4.69) is 27.7 Å². The van der Waals surface area contributed by atoms with Gasteiger partial charge in [0.1, 0.15) is 0 Å². The predicted molar refractivity (Wildman–Crippen MR) is 271 cm³/mol. The highest BCUT2D eigenvalue weighted by atomic mass is 31.2. The maximum absolute atomic E-state index is 2.34. The molecule has 0 aromatic carbocycles. The number of unbranched alkanes of at least 4 members (excludes halogenated alkanes) is 44. The summed E-state index contributed by atoms with van der Waals surface area (Å²) in [6.45, 7) is 9.35. The lowest BCUT2D eigenvalue weighted by molar-refractivity contribution is 0.544. The molecule has 0 saturated carbocycles. The van der Waals surface area contributed by atoms with Crippen LogP contribution >= 0.6 is 7.26 Å². The van der Waals surface area contributed by atoms with Crippen LogP contribution in [0, 0.1) is 0 Å². The highest BCUT2D eigenvalue weighted by Crippen LogP contribution is 2.61. The molecule has 0 unspecified atom stereocenters. The third-order valence-electron chi connectivity index (χ3n) is 13.9. The van der Waals surface area contributed by atoms with Gasteiger partial charge in [0.05, 0.1) is 24.6 Å². The lowest BCUT2D eigenvalue weighted by atomic mass is 10.1. The topological polar surface area (TPSA) is 0 Å². The van der Waals surface area contributed by atoms with E-state index in [0.717, 1.165) is 0 Å². The van der Waals surface area contributed by atoms with Crippen molar-refractivity contribution in [3.8, 4) is 0 Å². The van der Waals surface area contributed by atoms with Crippen LogP contribution in [0.25, 0.3) is 0 Å². The molecule has 0 heterocycles. The van der Waals surface area contributed by atoms with Gasteiger partial charge in [-0.25, -0.2) is 0 Å². The van der Waals surface area contributed by atoms with Crippen molar-refractivity contribution >= 4 is 7.26 Å². The van der Waals surface area contributed by atoms with E-state index in [1.807, 2.05) is 0 Å². The first-order valence-corrected chi connectivity index (χ1v) is 30.6. The molecule has 57 heavy (non-hydrogen) atoms. The van der Waals surface area contributed by atoms with Crippen LogP contribution in [0.4, 0.5) is 0 Å². The van der Waals surface area contributed by atoms with Crippen molar-refractivity contribution in [1.29, 1.82) is 0 Å². The van der Waals surface area contributed by atoms with Crippen molar-refractivity contribution in [1.82, 2.24) is 0 Å². The van der Waals surface area contributed by atoms with Crippen molar-refractivity contribution in [2.75, 3.05) is 24.6 Å². The maximum Gasteiger partial charge on any atom is 0.0594 e. The Morgan fingerprint density at radius 1 is 0.140 bits per heavy atom. The smallest absolute Gasteiger partial charge is 0.0594 e. The summed E-state index contributed by atoms with van der Waals surface area (Å²) in [5, 5.41) is 0. The van der Waals surface area contributed by atoms with Crippen LogP contribution in [0.1, 0.15) is 336 Å². The largest absolute Gasteiger partial charge is 0.0654 e. The molecule has 0 amide bonds. The Balaban J connectivity index is 4.91.